The number of nitrogens with zero attached hydrogens (tertiary/aromatic N) is 4. The molecule has 1 fully saturated rings. The van der Waals surface area contributed by atoms with Crippen molar-refractivity contribution in [3.8, 4) is 11.5 Å². The number of hydrogen-bond donors (Lipinski definition) is 4. The Labute approximate surface area is 445 Å². The number of hydrogen-bond acceptors (Lipinski definition) is 14. The predicted octanol–water partition coefficient (Wildman–Crippen LogP) is 6.83. The standard InChI is InChI=1S/C46H46Cl2N4O8.2C4H4O4/c1-29-37(39-25-35(57-3)13-15-41(39)51(29)45(55)31-5-9-33(47)10-6-31)27-43(53)59-23-21-49-17-19-50(20-18-49)22-24-60-44(54)28-38-30(2)52(42-16-14-36(58-4)26-40(38)42)46(56)32-7-11-34(48)12-8-32;2*5-3(6)1-2-4(7)8/h5-16,25-26H,17-24,27-28H2,1-4H3;2*1-2H,(H,5,6)(H,7,8)/b;2*2-1+. The van der Waals surface area contributed by atoms with Crippen LogP contribution in [0.25, 0.3) is 21.8 Å². The Morgan fingerprint density at radius 2 is 0.816 bits per heavy atom. The van der Waals surface area contributed by atoms with Gasteiger partial charge in [-0.05, 0) is 110 Å². The molecule has 6 aromatic rings. The molecule has 4 aromatic carbocycles. The Kier molecular flexibility index (Phi) is 21.5. The van der Waals surface area contributed by atoms with Gasteiger partial charge in [-0.2, -0.15) is 0 Å². The van der Waals surface area contributed by atoms with Crippen molar-refractivity contribution in [2.24, 2.45) is 0 Å². The van der Waals surface area contributed by atoms with Crippen molar-refractivity contribution in [3.63, 3.8) is 0 Å². The largest absolute Gasteiger partial charge is 0.497 e. The Morgan fingerprint density at radius 1 is 0.500 bits per heavy atom. The first-order valence-electron chi connectivity index (χ1n) is 23.2. The van der Waals surface area contributed by atoms with Gasteiger partial charge in [0.05, 0.1) is 38.1 Å². The van der Waals surface area contributed by atoms with Gasteiger partial charge in [-0.25, -0.2) is 19.2 Å². The third kappa shape index (κ3) is 16.3. The van der Waals surface area contributed by atoms with Crippen LogP contribution < -0.4 is 9.47 Å². The normalized spacial score (nSPS) is 12.6. The summed E-state index contributed by atoms with van der Waals surface area (Å²) < 4.78 is 25.6. The lowest BCUT2D eigenvalue weighted by Crippen LogP contribution is -2.48. The first-order valence-corrected chi connectivity index (χ1v) is 24.0. The van der Waals surface area contributed by atoms with Crippen LogP contribution in [0.4, 0.5) is 0 Å². The Morgan fingerprint density at radius 3 is 1.11 bits per heavy atom. The molecule has 20 nitrogen and oxygen atoms in total. The highest BCUT2D eigenvalue weighted by Gasteiger charge is 2.25. The monoisotopic (exact) mass is 1080 g/mol. The molecule has 4 N–H and O–H groups in total. The summed E-state index contributed by atoms with van der Waals surface area (Å²) in [6.45, 7) is 8.36. The summed E-state index contributed by atoms with van der Waals surface area (Å²) in [7, 11) is 3.15. The second-order valence-corrected chi connectivity index (χ2v) is 17.6. The molecule has 76 heavy (non-hydrogen) atoms. The van der Waals surface area contributed by atoms with Gasteiger partial charge in [0.1, 0.15) is 24.7 Å². The predicted molar refractivity (Wildman–Crippen MR) is 280 cm³/mol. The maximum Gasteiger partial charge on any atom is 0.328 e. The van der Waals surface area contributed by atoms with Crippen LogP contribution in [0.15, 0.2) is 109 Å². The van der Waals surface area contributed by atoms with E-state index in [1.165, 1.54) is 0 Å². The quantitative estimate of drug-likeness (QED) is 0.0507. The number of halogens is 2. The van der Waals surface area contributed by atoms with E-state index in [9.17, 15) is 38.4 Å². The average molecular weight is 1090 g/mol. The molecular formula is C54H54Cl2N4O16. The highest BCUT2D eigenvalue weighted by atomic mass is 35.5. The maximum atomic E-state index is 13.6. The van der Waals surface area contributed by atoms with Gasteiger partial charge in [0, 0.05) is 107 Å². The number of aromatic nitrogens is 2. The lowest BCUT2D eigenvalue weighted by Gasteiger charge is -2.34. The second kappa shape index (κ2) is 27.8. The molecule has 1 aliphatic heterocycles. The van der Waals surface area contributed by atoms with Crippen LogP contribution in [0.3, 0.4) is 0 Å². The number of fused-ring (bicyclic) bond motifs is 2. The molecule has 0 radical (unpaired) electrons. The lowest BCUT2D eigenvalue weighted by molar-refractivity contribution is -0.144. The molecule has 1 aliphatic rings. The Balaban J connectivity index is 0.000000577. The van der Waals surface area contributed by atoms with E-state index >= 15 is 0 Å². The number of carboxylic acids is 4. The van der Waals surface area contributed by atoms with Crippen molar-refractivity contribution in [3.05, 3.63) is 153 Å². The Bertz CT molecular complexity index is 2930. The van der Waals surface area contributed by atoms with E-state index in [0.717, 1.165) is 37.0 Å². The average Bonchev–Trinajstić information content (AvgIpc) is 3.82. The van der Waals surface area contributed by atoms with Gasteiger partial charge in [-0.1, -0.05) is 23.2 Å². The van der Waals surface area contributed by atoms with Crippen LogP contribution in [0, 0.1) is 13.8 Å². The summed E-state index contributed by atoms with van der Waals surface area (Å²) in [5, 5.41) is 33.8. The van der Waals surface area contributed by atoms with Crippen LogP contribution in [0.1, 0.15) is 43.2 Å². The molecule has 7 rings (SSSR count). The summed E-state index contributed by atoms with van der Waals surface area (Å²) in [6, 6.07) is 24.3. The molecule has 22 heteroatoms. The third-order valence-electron chi connectivity index (χ3n) is 11.9. The fourth-order valence-corrected chi connectivity index (χ4v) is 8.33. The molecule has 0 unspecified atom stereocenters. The van der Waals surface area contributed by atoms with E-state index < -0.39 is 23.9 Å². The lowest BCUT2D eigenvalue weighted by atomic mass is 10.1. The Hall–Kier alpha value is -8.30. The zero-order chi connectivity index (χ0) is 55.6. The summed E-state index contributed by atoms with van der Waals surface area (Å²) in [5.41, 5.74) is 5.02. The van der Waals surface area contributed by atoms with Crippen molar-refractivity contribution in [1.82, 2.24) is 18.9 Å². The molecule has 2 aromatic heterocycles. The van der Waals surface area contributed by atoms with Crippen LogP contribution >= 0.6 is 23.2 Å². The smallest absolute Gasteiger partial charge is 0.328 e. The van der Waals surface area contributed by atoms with Gasteiger partial charge >= 0.3 is 35.8 Å². The van der Waals surface area contributed by atoms with Crippen LogP contribution in [-0.4, -0.2) is 154 Å². The van der Waals surface area contributed by atoms with Crippen molar-refractivity contribution in [2.75, 3.05) is 66.7 Å². The van der Waals surface area contributed by atoms with Crippen LogP contribution in [-0.2, 0) is 51.1 Å². The molecular weight excluding hydrogens is 1030 g/mol. The van der Waals surface area contributed by atoms with Crippen molar-refractivity contribution < 1.29 is 77.7 Å². The molecule has 0 aliphatic carbocycles. The molecule has 0 amide bonds. The summed E-state index contributed by atoms with van der Waals surface area (Å²) in [5.74, 6) is -5.01. The molecule has 0 spiro atoms. The van der Waals surface area contributed by atoms with Crippen molar-refractivity contribution in [1.29, 1.82) is 0 Å². The van der Waals surface area contributed by atoms with Gasteiger partial charge in [-0.3, -0.25) is 38.1 Å². The number of carbonyl (C=O) groups is 8. The fraction of sp³-hybridized carbons (Fsp3) is 0.259. The molecule has 3 heterocycles. The highest BCUT2D eigenvalue weighted by molar-refractivity contribution is 6.31. The molecule has 1 saturated heterocycles. The van der Waals surface area contributed by atoms with E-state index in [0.29, 0.717) is 104 Å². The van der Waals surface area contributed by atoms with Gasteiger partial charge in [-0.15, -0.1) is 0 Å². The van der Waals surface area contributed by atoms with E-state index in [-0.39, 0.29) is 49.8 Å². The van der Waals surface area contributed by atoms with Crippen molar-refractivity contribution >= 4 is 92.6 Å². The second-order valence-electron chi connectivity index (χ2n) is 16.7. The van der Waals surface area contributed by atoms with E-state index in [1.54, 1.807) is 84.0 Å². The number of methoxy groups -OCH3 is 2. The first-order chi connectivity index (χ1) is 36.2. The third-order valence-corrected chi connectivity index (χ3v) is 12.4. The number of aliphatic carboxylic acids is 4. The number of benzene rings is 4. The van der Waals surface area contributed by atoms with Crippen molar-refractivity contribution in [2.45, 2.75) is 26.7 Å². The van der Waals surface area contributed by atoms with E-state index in [1.807, 2.05) is 38.1 Å². The first kappa shape index (κ1) is 58.6. The minimum atomic E-state index is -1.26. The fourth-order valence-electron chi connectivity index (χ4n) is 8.08. The minimum Gasteiger partial charge on any atom is -0.497 e. The maximum absolute atomic E-state index is 13.6. The van der Waals surface area contributed by atoms with Gasteiger partial charge < -0.3 is 39.4 Å². The van der Waals surface area contributed by atoms with E-state index in [2.05, 4.69) is 9.80 Å². The van der Waals surface area contributed by atoms with Gasteiger partial charge in [0.25, 0.3) is 11.8 Å². The van der Waals surface area contributed by atoms with Gasteiger partial charge in [0.15, 0.2) is 0 Å². The van der Waals surface area contributed by atoms with E-state index in [4.69, 9.17) is 62.6 Å². The van der Waals surface area contributed by atoms with Crippen LogP contribution in [0.5, 0.6) is 11.5 Å². The number of piperazine rings is 1. The molecule has 400 valence electrons. The topological polar surface area (TPSA) is 271 Å². The number of esters is 2. The molecule has 0 bridgehead atoms. The number of rotatable bonds is 18. The highest BCUT2D eigenvalue weighted by Crippen LogP contribution is 2.33. The summed E-state index contributed by atoms with van der Waals surface area (Å²) in [4.78, 5) is 96.3. The summed E-state index contributed by atoms with van der Waals surface area (Å²) in [6.07, 6.45) is 2.23. The van der Waals surface area contributed by atoms with Crippen LogP contribution in [0.2, 0.25) is 10.0 Å². The number of carbonyl (C=O) groups excluding carboxylic acids is 4. The molecule has 0 saturated carbocycles. The minimum absolute atomic E-state index is 0.000238. The summed E-state index contributed by atoms with van der Waals surface area (Å²) >= 11 is 12.1. The number of ether oxygens (including phenoxy) is 4. The zero-order valence-electron chi connectivity index (χ0n) is 41.7. The zero-order valence-corrected chi connectivity index (χ0v) is 43.2. The molecule has 0 atom stereocenters. The SMILES string of the molecule is COc1ccc2c(c1)c(CC(=O)OCCN1CCN(CCOC(=O)Cc3c(C)n(C(=O)c4ccc(Cl)cc4)c4ccc(OC)cc34)CC1)c(C)n2C(=O)c1ccc(Cl)cc1.O=C(O)/C=C/C(=O)O.O=C(O)/C=C/C(=O)O. The van der Waals surface area contributed by atoms with Gasteiger partial charge in [0.2, 0.25) is 0 Å². The number of carboxylic acid groups (broad SMARTS) is 4.